The summed E-state index contributed by atoms with van der Waals surface area (Å²) in [6.07, 6.45) is 3.47. The number of rotatable bonds is 6. The molecule has 10 heteroatoms. The molecule has 0 aromatic heterocycles. The molecule has 1 aromatic carbocycles. The van der Waals surface area contributed by atoms with E-state index in [2.05, 4.69) is 0 Å². The van der Waals surface area contributed by atoms with Crippen LogP contribution in [0.15, 0.2) is 12.1 Å². The van der Waals surface area contributed by atoms with Gasteiger partial charge in [-0.15, -0.1) is 0 Å². The van der Waals surface area contributed by atoms with Crippen molar-refractivity contribution >= 4 is 25.1 Å². The van der Waals surface area contributed by atoms with Crippen LogP contribution in [0.1, 0.15) is 11.1 Å². The van der Waals surface area contributed by atoms with Crippen LogP contribution >= 0.6 is 19.2 Å². The van der Waals surface area contributed by atoms with E-state index in [-0.39, 0.29) is 53.5 Å². The molecule has 1 unspecified atom stereocenters. The number of hydrogen-bond acceptors (Lipinski definition) is 4. The Morgan fingerprint density at radius 2 is 1.73 bits per heavy atom. The smallest absolute Gasteiger partial charge is 0.179 e. The van der Waals surface area contributed by atoms with Crippen LogP contribution < -0.4 is 9.47 Å². The van der Waals surface area contributed by atoms with Crippen molar-refractivity contribution in [1.82, 2.24) is 0 Å². The summed E-state index contributed by atoms with van der Waals surface area (Å²) in [6.45, 7) is 3.58. The molecule has 0 fully saturated rings. The third kappa shape index (κ3) is 8.65. The molecule has 4 nitrogen and oxygen atoms in total. The van der Waals surface area contributed by atoms with Gasteiger partial charge in [-0.25, -0.2) is 0 Å². The van der Waals surface area contributed by atoms with E-state index in [9.17, 15) is 4.79 Å². The van der Waals surface area contributed by atoms with E-state index >= 15 is 0 Å². The maximum absolute atomic E-state index is 11.5. The molecule has 1 rings (SSSR count). The van der Waals surface area contributed by atoms with Crippen molar-refractivity contribution in [3.8, 4) is 11.5 Å². The minimum atomic E-state index is -0.334. The first-order valence-electron chi connectivity index (χ1n) is 5.30. The zero-order chi connectivity index (χ0) is 13.5. The number of hydrogen-bond donors (Lipinski definition) is 0. The van der Waals surface area contributed by atoms with Gasteiger partial charge in [0.05, 0.1) is 0 Å². The van der Waals surface area contributed by atoms with Crippen LogP contribution in [0, 0.1) is 20.0 Å². The second-order valence-electron chi connectivity index (χ2n) is 3.56. The molecule has 0 aliphatic carbocycles. The van der Waals surface area contributed by atoms with E-state index in [4.69, 9.17) is 15.2 Å². The number of nitrogens with one attached hydrogen (secondary N) is 1. The predicted molar refractivity (Wildman–Crippen MR) is 77.5 cm³/mol. The maximum atomic E-state index is 11.5. The summed E-state index contributed by atoms with van der Waals surface area (Å²) in [6, 6.07) is 3.54. The molecular formula is C12H16NO3PRe2Rf2S-2. The van der Waals surface area contributed by atoms with Crippen molar-refractivity contribution in [2.24, 2.45) is 0 Å². The van der Waals surface area contributed by atoms with Gasteiger partial charge in [0.25, 0.3) is 0 Å². The van der Waals surface area contributed by atoms with E-state index < -0.39 is 0 Å². The monoisotopic (exact) mass is 1190 g/mol. The van der Waals surface area contributed by atoms with Crippen LogP contribution in [0.25, 0.3) is 5.73 Å². The van der Waals surface area contributed by atoms with Gasteiger partial charge in [-0.3, -0.25) is 11.0 Å². The van der Waals surface area contributed by atoms with Crippen LogP contribution in [-0.2, 0) is 45.6 Å². The molecule has 0 amide bonds. The summed E-state index contributed by atoms with van der Waals surface area (Å²) in [5.41, 5.74) is 8.70. The molecule has 0 saturated carbocycles. The Morgan fingerprint density at radius 3 is 2.23 bits per heavy atom. The summed E-state index contributed by atoms with van der Waals surface area (Å²) in [5, 5.41) is 0. The van der Waals surface area contributed by atoms with Crippen LogP contribution in [-0.4, -0.2) is 19.0 Å². The quantitative estimate of drug-likeness (QED) is 0.189. The fourth-order valence-electron chi connectivity index (χ4n) is 1.35. The molecule has 22 heavy (non-hydrogen) atoms. The zero-order valence-corrected chi connectivity index (χ0v) is 32.8. The standard InChI is InChI=1S/C12H16NO3PS.2Re.2Rf/c1-8-5-11(16-12(14)6-17-18-3)9(2)4-10(8)15-7-13;;;;/h4-6,13,17H,7H2,1-3H3;;;;/q-2;;;;. The molecule has 0 bridgehead atoms. The molecule has 0 saturated heterocycles. The topological polar surface area (TPSA) is 59.3 Å². The fourth-order valence-corrected chi connectivity index (χ4v) is 2.27. The average Bonchev–Trinajstić information content (AvgIpc) is 2.33. The van der Waals surface area contributed by atoms with Gasteiger partial charge < -0.3 is 15.2 Å². The van der Waals surface area contributed by atoms with E-state index in [1.54, 1.807) is 23.5 Å². The van der Waals surface area contributed by atoms with Gasteiger partial charge >= 0.3 is 0 Å². The molecular weight excluding hydrogens is 1180 g/mol. The van der Waals surface area contributed by atoms with E-state index in [0.717, 1.165) is 11.1 Å². The number of ether oxygens (including phenoxy) is 2. The zero-order valence-electron chi connectivity index (χ0n) is 12.7. The number of benzene rings is 1. The third-order valence-corrected chi connectivity index (χ3v) is 3.86. The maximum Gasteiger partial charge on any atom is 0.179 e. The van der Waals surface area contributed by atoms with Crippen LogP contribution in [0.5, 0.6) is 11.5 Å². The Hall–Kier alpha value is -1.58. The van der Waals surface area contributed by atoms with Gasteiger partial charge in [-0.1, -0.05) is 0 Å². The van der Waals surface area contributed by atoms with Gasteiger partial charge in [-0.05, 0) is 50.1 Å². The molecule has 0 heterocycles. The minimum Gasteiger partial charge on any atom is -0.644 e. The molecule has 1 N–H and O–H groups in total. The van der Waals surface area contributed by atoms with Gasteiger partial charge in [0.15, 0.2) is 5.97 Å². The van der Waals surface area contributed by atoms with Crippen molar-refractivity contribution < 1.29 is 55.1 Å². The Kier molecular flexibility index (Phi) is 18.7. The molecule has 0 aliphatic rings. The minimum absolute atomic E-state index is 0. The summed E-state index contributed by atoms with van der Waals surface area (Å²) >= 11 is 1.59. The van der Waals surface area contributed by atoms with E-state index in [0.29, 0.717) is 19.3 Å². The van der Waals surface area contributed by atoms with Crippen molar-refractivity contribution in [2.75, 3.05) is 13.0 Å². The number of esters is 1. The largest absolute Gasteiger partial charge is 0.644 e. The Bertz CT molecular complexity index is 445. The number of carbonyl (C=O) groups excluding carboxylic acids is 1. The predicted octanol–water partition coefficient (Wildman–Crippen LogP) is 3.71. The van der Waals surface area contributed by atoms with E-state index in [1.165, 1.54) is 6.16 Å². The molecule has 0 spiro atoms. The van der Waals surface area contributed by atoms with Gasteiger partial charge in [-0.2, -0.15) is 19.2 Å². The van der Waals surface area contributed by atoms with Gasteiger partial charge in [0.2, 0.25) is 0 Å². The van der Waals surface area contributed by atoms with E-state index in [1.807, 2.05) is 20.1 Å². The van der Waals surface area contributed by atoms with Crippen molar-refractivity contribution in [3.05, 3.63) is 35.2 Å². The molecule has 1 atom stereocenters. The summed E-state index contributed by atoms with van der Waals surface area (Å²) in [5.74, 6) is 0.855. The SMILES string of the molecule is CSP[CH-]C(=O)Oc1cc(C)c(OC[NH-])cc1C.[Re].[Re].[Rf].[Rf]. The summed E-state index contributed by atoms with van der Waals surface area (Å²) in [7, 11) is 0.406. The van der Waals surface area contributed by atoms with Gasteiger partial charge in [0.1, 0.15) is 11.5 Å². The normalized spacial score (nSPS) is 8.73. The molecule has 1 aromatic rings. The Morgan fingerprint density at radius 1 is 1.23 bits per heavy atom. The first kappa shape index (κ1) is 28.6. The molecule has 0 aliphatic heterocycles. The van der Waals surface area contributed by atoms with Crippen molar-refractivity contribution in [1.29, 1.82) is 0 Å². The second-order valence-corrected chi connectivity index (χ2v) is 6.42. The van der Waals surface area contributed by atoms with Crippen LogP contribution in [0.2, 0.25) is 0 Å². The van der Waals surface area contributed by atoms with Crippen molar-refractivity contribution in [3.63, 3.8) is 0 Å². The van der Waals surface area contributed by atoms with Gasteiger partial charge in [0, 0.05) is 40.8 Å². The summed E-state index contributed by atoms with van der Waals surface area (Å²) in [4.78, 5) is 11.5. The summed E-state index contributed by atoms with van der Waals surface area (Å²) < 4.78 is 10.4. The number of carbonyl (C=O) groups is 1. The molecule has 118 valence electrons. The van der Waals surface area contributed by atoms with Crippen LogP contribution in [0.3, 0.4) is 0 Å². The third-order valence-electron chi connectivity index (χ3n) is 2.21. The Labute approximate surface area is 153 Å². The fraction of sp³-hybridized carbons (Fsp3) is 0.333. The second kappa shape index (κ2) is 14.4. The first-order valence-corrected chi connectivity index (χ1v) is 8.33. The average molecular weight is 1190 g/mol. The Balaban J connectivity index is -0.000000405. The number of aryl methyl sites for hydroxylation is 2. The molecule has 2 radical (unpaired) electrons. The van der Waals surface area contributed by atoms with Crippen LogP contribution in [0.4, 0.5) is 0 Å². The van der Waals surface area contributed by atoms with Crippen molar-refractivity contribution in [2.45, 2.75) is 13.8 Å². The first-order chi connectivity index (χ1) is 8.58.